The van der Waals surface area contributed by atoms with Crippen molar-refractivity contribution in [1.82, 2.24) is 9.88 Å². The molecule has 1 aromatic heterocycles. The van der Waals surface area contributed by atoms with E-state index < -0.39 is 0 Å². The van der Waals surface area contributed by atoms with Gasteiger partial charge < -0.3 is 4.74 Å². The quantitative estimate of drug-likeness (QED) is 0.594. The van der Waals surface area contributed by atoms with Gasteiger partial charge in [-0.05, 0) is 30.3 Å². The molecule has 27 heavy (non-hydrogen) atoms. The van der Waals surface area contributed by atoms with Crippen LogP contribution < -0.4 is 4.90 Å². The summed E-state index contributed by atoms with van der Waals surface area (Å²) >= 11 is 5.06. The van der Waals surface area contributed by atoms with E-state index in [0.29, 0.717) is 12.1 Å². The van der Waals surface area contributed by atoms with E-state index in [2.05, 4.69) is 20.8 Å². The van der Waals surface area contributed by atoms with Crippen molar-refractivity contribution >= 4 is 48.5 Å². The standard InChI is InChI=1S/C20H20BrN3O2S/c21-16-6-7-17-18(14-16)27-20(22-17)24(9-8-23-10-12-26-13-11-23)19(25)15-4-2-1-3-5-15/h1-7,14H,8-13H2. The zero-order valence-electron chi connectivity index (χ0n) is 14.8. The molecule has 0 saturated carbocycles. The maximum Gasteiger partial charge on any atom is 0.260 e. The third-order valence-corrected chi connectivity index (χ3v) is 6.11. The average Bonchev–Trinajstić information content (AvgIpc) is 3.12. The minimum absolute atomic E-state index is 0.0121. The van der Waals surface area contributed by atoms with Gasteiger partial charge in [-0.15, -0.1) is 0 Å². The van der Waals surface area contributed by atoms with Crippen LogP contribution in [0.1, 0.15) is 10.4 Å². The molecule has 3 aromatic rings. The smallest absolute Gasteiger partial charge is 0.260 e. The van der Waals surface area contributed by atoms with Crippen molar-refractivity contribution in [2.75, 3.05) is 44.3 Å². The number of halogens is 1. The molecule has 0 spiro atoms. The fourth-order valence-corrected chi connectivity index (χ4v) is 4.63. The first-order chi connectivity index (χ1) is 13.2. The Balaban J connectivity index is 1.62. The number of aromatic nitrogens is 1. The van der Waals surface area contributed by atoms with Crippen molar-refractivity contribution < 1.29 is 9.53 Å². The second-order valence-electron chi connectivity index (χ2n) is 6.39. The molecule has 2 heterocycles. The van der Waals surface area contributed by atoms with Crippen LogP contribution in [0, 0.1) is 0 Å². The summed E-state index contributed by atoms with van der Waals surface area (Å²) in [6, 6.07) is 15.4. The van der Waals surface area contributed by atoms with Crippen LogP contribution >= 0.6 is 27.3 Å². The van der Waals surface area contributed by atoms with E-state index in [1.165, 1.54) is 0 Å². The number of hydrogen-bond acceptors (Lipinski definition) is 5. The predicted octanol–water partition coefficient (Wildman–Crippen LogP) is 4.04. The van der Waals surface area contributed by atoms with E-state index in [4.69, 9.17) is 9.72 Å². The number of carbonyl (C=O) groups is 1. The van der Waals surface area contributed by atoms with Crippen LogP contribution in [0.25, 0.3) is 10.2 Å². The molecule has 0 bridgehead atoms. The predicted molar refractivity (Wildman–Crippen MR) is 113 cm³/mol. The van der Waals surface area contributed by atoms with Crippen LogP contribution in [-0.2, 0) is 4.74 Å². The van der Waals surface area contributed by atoms with E-state index >= 15 is 0 Å². The van der Waals surface area contributed by atoms with Crippen LogP contribution in [0.5, 0.6) is 0 Å². The Morgan fingerprint density at radius 1 is 1.19 bits per heavy atom. The summed E-state index contributed by atoms with van der Waals surface area (Å²) in [5, 5.41) is 0.741. The van der Waals surface area contributed by atoms with Crippen molar-refractivity contribution in [2.45, 2.75) is 0 Å². The molecule has 5 nitrogen and oxygen atoms in total. The molecule has 4 rings (SSSR count). The van der Waals surface area contributed by atoms with Gasteiger partial charge in [0.2, 0.25) is 0 Å². The minimum atomic E-state index is -0.0121. The normalized spacial score (nSPS) is 15.1. The number of rotatable bonds is 5. The summed E-state index contributed by atoms with van der Waals surface area (Å²) in [5.41, 5.74) is 1.59. The van der Waals surface area contributed by atoms with Crippen molar-refractivity contribution in [3.63, 3.8) is 0 Å². The Morgan fingerprint density at radius 3 is 2.74 bits per heavy atom. The molecule has 1 amide bonds. The molecule has 7 heteroatoms. The highest BCUT2D eigenvalue weighted by molar-refractivity contribution is 9.10. The highest BCUT2D eigenvalue weighted by atomic mass is 79.9. The lowest BCUT2D eigenvalue weighted by Crippen LogP contribution is -2.43. The third kappa shape index (κ3) is 4.38. The summed E-state index contributed by atoms with van der Waals surface area (Å²) in [5.74, 6) is -0.0121. The number of anilines is 1. The number of hydrogen-bond donors (Lipinski definition) is 0. The lowest BCUT2D eigenvalue weighted by Gasteiger charge is -2.29. The molecule has 0 atom stereocenters. The van der Waals surface area contributed by atoms with E-state index in [-0.39, 0.29) is 5.91 Å². The monoisotopic (exact) mass is 445 g/mol. The molecular formula is C20H20BrN3O2S. The SMILES string of the molecule is O=C(c1ccccc1)N(CCN1CCOCC1)c1nc2ccc(Br)cc2s1. The van der Waals surface area contributed by atoms with Gasteiger partial charge in [0, 0.05) is 36.2 Å². The highest BCUT2D eigenvalue weighted by Gasteiger charge is 2.22. The Kier molecular flexibility index (Phi) is 5.83. The molecular weight excluding hydrogens is 426 g/mol. The van der Waals surface area contributed by atoms with Gasteiger partial charge in [0.1, 0.15) is 0 Å². The van der Waals surface area contributed by atoms with Gasteiger partial charge in [-0.2, -0.15) is 0 Å². The second-order valence-corrected chi connectivity index (χ2v) is 8.31. The lowest BCUT2D eigenvalue weighted by atomic mass is 10.2. The van der Waals surface area contributed by atoms with Gasteiger partial charge in [-0.3, -0.25) is 14.6 Å². The topological polar surface area (TPSA) is 45.7 Å². The first kappa shape index (κ1) is 18.6. The summed E-state index contributed by atoms with van der Waals surface area (Å²) in [4.78, 5) is 22.1. The molecule has 140 valence electrons. The van der Waals surface area contributed by atoms with Gasteiger partial charge >= 0.3 is 0 Å². The largest absolute Gasteiger partial charge is 0.379 e. The number of carbonyl (C=O) groups excluding carboxylic acids is 1. The summed E-state index contributed by atoms with van der Waals surface area (Å²) in [6.07, 6.45) is 0. The fourth-order valence-electron chi connectivity index (χ4n) is 3.09. The van der Waals surface area contributed by atoms with Crippen molar-refractivity contribution in [3.05, 3.63) is 58.6 Å². The first-order valence-corrected chi connectivity index (χ1v) is 10.5. The van der Waals surface area contributed by atoms with Crippen LogP contribution in [0.15, 0.2) is 53.0 Å². The molecule has 0 radical (unpaired) electrons. The number of fused-ring (bicyclic) bond motifs is 1. The highest BCUT2D eigenvalue weighted by Crippen LogP contribution is 2.31. The number of nitrogens with zero attached hydrogens (tertiary/aromatic N) is 3. The Labute approximate surface area is 170 Å². The van der Waals surface area contributed by atoms with Crippen LogP contribution in [0.4, 0.5) is 5.13 Å². The average molecular weight is 446 g/mol. The van der Waals surface area contributed by atoms with Gasteiger partial charge in [0.15, 0.2) is 5.13 Å². The van der Waals surface area contributed by atoms with Gasteiger partial charge in [0.05, 0.1) is 23.4 Å². The van der Waals surface area contributed by atoms with Crippen molar-refractivity contribution in [3.8, 4) is 0 Å². The molecule has 1 fully saturated rings. The summed E-state index contributed by atoms with van der Waals surface area (Å²) in [7, 11) is 0. The zero-order valence-corrected chi connectivity index (χ0v) is 17.2. The molecule has 1 aliphatic rings. The molecule has 0 N–H and O–H groups in total. The van der Waals surface area contributed by atoms with E-state index in [1.807, 2.05) is 53.4 Å². The Hall–Kier alpha value is -1.80. The number of morpholine rings is 1. The number of amides is 1. The van der Waals surface area contributed by atoms with E-state index in [0.717, 1.165) is 52.7 Å². The van der Waals surface area contributed by atoms with E-state index in [1.54, 1.807) is 11.3 Å². The Morgan fingerprint density at radius 2 is 1.96 bits per heavy atom. The minimum Gasteiger partial charge on any atom is -0.379 e. The Bertz CT molecular complexity index is 925. The molecule has 0 unspecified atom stereocenters. The van der Waals surface area contributed by atoms with Crippen LogP contribution in [0.2, 0.25) is 0 Å². The van der Waals surface area contributed by atoms with Gasteiger partial charge in [0.25, 0.3) is 5.91 Å². The first-order valence-electron chi connectivity index (χ1n) is 8.94. The number of benzene rings is 2. The number of ether oxygens (including phenoxy) is 1. The van der Waals surface area contributed by atoms with Gasteiger partial charge in [-0.1, -0.05) is 45.5 Å². The number of thiazole rings is 1. The zero-order chi connectivity index (χ0) is 18.6. The molecule has 0 aliphatic carbocycles. The molecule has 1 aliphatic heterocycles. The van der Waals surface area contributed by atoms with Crippen LogP contribution in [0.3, 0.4) is 0 Å². The molecule has 2 aromatic carbocycles. The lowest BCUT2D eigenvalue weighted by molar-refractivity contribution is 0.0391. The maximum atomic E-state index is 13.2. The molecule has 1 saturated heterocycles. The fraction of sp³-hybridized carbons (Fsp3) is 0.300. The van der Waals surface area contributed by atoms with Crippen LogP contribution in [-0.4, -0.2) is 55.2 Å². The van der Waals surface area contributed by atoms with E-state index in [9.17, 15) is 4.79 Å². The van der Waals surface area contributed by atoms with Crippen molar-refractivity contribution in [1.29, 1.82) is 0 Å². The summed E-state index contributed by atoms with van der Waals surface area (Å²) in [6.45, 7) is 4.72. The summed E-state index contributed by atoms with van der Waals surface area (Å²) < 4.78 is 7.50. The maximum absolute atomic E-state index is 13.2. The second kappa shape index (κ2) is 8.48. The van der Waals surface area contributed by atoms with Crippen molar-refractivity contribution in [2.24, 2.45) is 0 Å². The third-order valence-electron chi connectivity index (χ3n) is 4.58. The van der Waals surface area contributed by atoms with Gasteiger partial charge in [-0.25, -0.2) is 4.98 Å².